The zero-order valence-corrected chi connectivity index (χ0v) is 12.6. The van der Waals surface area contributed by atoms with Crippen LogP contribution in [0.5, 0.6) is 0 Å². The molecule has 0 spiro atoms. The monoisotopic (exact) mass is 291 g/mol. The summed E-state index contributed by atoms with van der Waals surface area (Å²) < 4.78 is 0. The van der Waals surface area contributed by atoms with Gasteiger partial charge in [-0.05, 0) is 24.3 Å². The lowest BCUT2D eigenvalue weighted by Gasteiger charge is -2.32. The minimum atomic E-state index is 0.896. The number of nitrogens with zero attached hydrogens (tertiary/aromatic N) is 1. The predicted octanol–water partition coefficient (Wildman–Crippen LogP) is 5.56. The Labute approximate surface area is 130 Å². The van der Waals surface area contributed by atoms with Crippen LogP contribution in [-0.2, 0) is 0 Å². The van der Waals surface area contributed by atoms with Gasteiger partial charge in [-0.1, -0.05) is 73.0 Å². The van der Waals surface area contributed by atoms with Gasteiger partial charge in [-0.15, -0.1) is 0 Å². The van der Waals surface area contributed by atoms with Crippen molar-refractivity contribution in [3.05, 3.63) is 90.4 Å². The third kappa shape index (κ3) is 3.11. The molecule has 0 aromatic heterocycles. The van der Waals surface area contributed by atoms with E-state index >= 15 is 0 Å². The number of thioether (sulfide) groups is 1. The second-order valence-electron chi connectivity index (χ2n) is 4.75. The molecule has 0 amide bonds. The molecule has 1 nitrogen and oxygen atoms in total. The molecule has 2 heteroatoms. The van der Waals surface area contributed by atoms with E-state index in [1.54, 1.807) is 6.08 Å². The first-order valence-electron chi connectivity index (χ1n) is 6.96. The Kier molecular flexibility index (Phi) is 4.27. The Bertz CT molecular complexity index is 686. The summed E-state index contributed by atoms with van der Waals surface area (Å²) in [6.07, 6.45) is 7.97. The van der Waals surface area contributed by atoms with Gasteiger partial charge in [-0.2, -0.15) is 0 Å². The Morgan fingerprint density at radius 2 is 1.71 bits per heavy atom. The molecule has 0 fully saturated rings. The molecule has 0 atom stereocenters. The normalized spacial score (nSPS) is 16.2. The number of anilines is 2. The van der Waals surface area contributed by atoms with Crippen LogP contribution in [0.2, 0.25) is 0 Å². The molecule has 3 rings (SSSR count). The molecule has 2 aromatic carbocycles. The highest BCUT2D eigenvalue weighted by atomic mass is 32.2. The first-order valence-corrected chi connectivity index (χ1v) is 7.78. The van der Waals surface area contributed by atoms with Gasteiger partial charge in [-0.3, -0.25) is 0 Å². The molecule has 0 bridgehead atoms. The summed E-state index contributed by atoms with van der Waals surface area (Å²) in [6, 6.07) is 19.1. The van der Waals surface area contributed by atoms with Crippen molar-refractivity contribution in [3.8, 4) is 0 Å². The van der Waals surface area contributed by atoms with Gasteiger partial charge >= 0.3 is 0 Å². The van der Waals surface area contributed by atoms with Crippen LogP contribution in [0.4, 0.5) is 11.4 Å². The maximum absolute atomic E-state index is 3.71. The highest BCUT2D eigenvalue weighted by Gasteiger charge is 2.21. The first kappa shape index (κ1) is 13.8. The second-order valence-corrected chi connectivity index (χ2v) is 5.91. The smallest absolute Gasteiger partial charge is 0.0555 e. The van der Waals surface area contributed by atoms with Crippen molar-refractivity contribution < 1.29 is 0 Å². The zero-order chi connectivity index (χ0) is 14.5. The van der Waals surface area contributed by atoms with Crippen molar-refractivity contribution in [1.29, 1.82) is 0 Å². The van der Waals surface area contributed by atoms with Crippen molar-refractivity contribution in [1.82, 2.24) is 0 Å². The van der Waals surface area contributed by atoms with E-state index in [4.69, 9.17) is 0 Å². The number of hydrogen-bond acceptors (Lipinski definition) is 2. The summed E-state index contributed by atoms with van der Waals surface area (Å²) in [5, 5.41) is 0. The van der Waals surface area contributed by atoms with Crippen molar-refractivity contribution in [2.24, 2.45) is 0 Å². The molecule has 1 heterocycles. The average molecular weight is 291 g/mol. The Morgan fingerprint density at radius 1 is 0.952 bits per heavy atom. The molecule has 0 unspecified atom stereocenters. The molecular weight excluding hydrogens is 274 g/mol. The Hall–Kier alpha value is -2.19. The summed E-state index contributed by atoms with van der Waals surface area (Å²) in [6.45, 7) is 4.60. The first-order chi connectivity index (χ1) is 10.4. The highest BCUT2D eigenvalue weighted by Crippen LogP contribution is 2.43. The summed E-state index contributed by atoms with van der Waals surface area (Å²) in [5.74, 6) is 0. The highest BCUT2D eigenvalue weighted by molar-refractivity contribution is 8.03. The van der Waals surface area contributed by atoms with E-state index in [-0.39, 0.29) is 0 Å². The van der Waals surface area contributed by atoms with Gasteiger partial charge in [0.25, 0.3) is 0 Å². The lowest BCUT2D eigenvalue weighted by molar-refractivity contribution is 1.04. The van der Waals surface area contributed by atoms with Crippen LogP contribution in [0.1, 0.15) is 0 Å². The molecule has 0 saturated carbocycles. The molecule has 104 valence electrons. The van der Waals surface area contributed by atoms with E-state index in [1.165, 1.54) is 21.2 Å². The largest absolute Gasteiger partial charge is 0.336 e. The van der Waals surface area contributed by atoms with Crippen LogP contribution < -0.4 is 4.90 Å². The SMILES string of the molecule is C=C/C=C\C=C1/CN(c2ccccc2)c2ccccc2S1. The number of benzene rings is 2. The van der Waals surface area contributed by atoms with Crippen LogP contribution in [0.15, 0.2) is 95.3 Å². The van der Waals surface area contributed by atoms with Crippen molar-refractivity contribution >= 4 is 23.1 Å². The van der Waals surface area contributed by atoms with Gasteiger partial charge in [0.2, 0.25) is 0 Å². The van der Waals surface area contributed by atoms with Gasteiger partial charge in [0.05, 0.1) is 12.2 Å². The Balaban J connectivity index is 2.00. The van der Waals surface area contributed by atoms with Crippen LogP contribution in [-0.4, -0.2) is 6.54 Å². The van der Waals surface area contributed by atoms with Crippen molar-refractivity contribution in [2.75, 3.05) is 11.4 Å². The topological polar surface area (TPSA) is 3.24 Å². The van der Waals surface area contributed by atoms with Crippen molar-refractivity contribution in [2.45, 2.75) is 4.90 Å². The van der Waals surface area contributed by atoms with Gasteiger partial charge in [0, 0.05) is 15.5 Å². The minimum absolute atomic E-state index is 0.896. The van der Waals surface area contributed by atoms with Crippen LogP contribution in [0, 0.1) is 0 Å². The average Bonchev–Trinajstić information content (AvgIpc) is 2.55. The van der Waals surface area contributed by atoms with Crippen LogP contribution >= 0.6 is 11.8 Å². The molecule has 2 aromatic rings. The summed E-state index contributed by atoms with van der Waals surface area (Å²) in [5.41, 5.74) is 2.50. The van der Waals surface area contributed by atoms with E-state index < -0.39 is 0 Å². The Morgan fingerprint density at radius 3 is 2.52 bits per heavy atom. The summed E-state index contributed by atoms with van der Waals surface area (Å²) in [4.78, 5) is 4.99. The van der Waals surface area contributed by atoms with Crippen LogP contribution in [0.25, 0.3) is 0 Å². The third-order valence-electron chi connectivity index (χ3n) is 3.31. The fourth-order valence-corrected chi connectivity index (χ4v) is 3.40. The van der Waals surface area contributed by atoms with Crippen molar-refractivity contribution in [3.63, 3.8) is 0 Å². The molecule has 1 aliphatic rings. The lowest BCUT2D eigenvalue weighted by atomic mass is 10.2. The number of para-hydroxylation sites is 2. The van der Waals surface area contributed by atoms with E-state index in [9.17, 15) is 0 Å². The molecule has 0 aliphatic carbocycles. The van der Waals surface area contributed by atoms with E-state index in [2.05, 4.69) is 72.2 Å². The van der Waals surface area contributed by atoms with Gasteiger partial charge in [0.15, 0.2) is 0 Å². The fourth-order valence-electron chi connectivity index (χ4n) is 2.35. The number of hydrogen-bond donors (Lipinski definition) is 0. The standard InChI is InChI=1S/C19H17NS/c1-2-3-5-12-17-15-20(16-10-6-4-7-11-16)18-13-8-9-14-19(18)21-17/h2-14H,1,15H2/b5-3-,17-12+. The van der Waals surface area contributed by atoms with E-state index in [0.717, 1.165) is 6.54 Å². The predicted molar refractivity (Wildman–Crippen MR) is 93.2 cm³/mol. The van der Waals surface area contributed by atoms with E-state index in [0.29, 0.717) is 0 Å². The molecular formula is C19H17NS. The molecule has 21 heavy (non-hydrogen) atoms. The van der Waals surface area contributed by atoms with Gasteiger partial charge < -0.3 is 4.90 Å². The second kappa shape index (κ2) is 6.51. The molecule has 0 N–H and O–H groups in total. The minimum Gasteiger partial charge on any atom is -0.336 e. The number of allylic oxidation sites excluding steroid dienone is 4. The van der Waals surface area contributed by atoms with Gasteiger partial charge in [0.1, 0.15) is 0 Å². The maximum Gasteiger partial charge on any atom is 0.0555 e. The van der Waals surface area contributed by atoms with Crippen LogP contribution in [0.3, 0.4) is 0 Å². The number of rotatable bonds is 3. The lowest BCUT2D eigenvalue weighted by Crippen LogP contribution is -2.22. The molecule has 0 saturated heterocycles. The van der Waals surface area contributed by atoms with E-state index in [1.807, 2.05) is 23.9 Å². The molecule has 0 radical (unpaired) electrons. The number of fused-ring (bicyclic) bond motifs is 1. The zero-order valence-electron chi connectivity index (χ0n) is 11.8. The maximum atomic E-state index is 3.71. The summed E-state index contributed by atoms with van der Waals surface area (Å²) >= 11 is 1.84. The van der Waals surface area contributed by atoms with Gasteiger partial charge in [-0.25, -0.2) is 0 Å². The summed E-state index contributed by atoms with van der Waals surface area (Å²) in [7, 11) is 0. The molecule has 1 aliphatic heterocycles. The fraction of sp³-hybridized carbons (Fsp3) is 0.0526. The quantitative estimate of drug-likeness (QED) is 0.681. The third-order valence-corrected chi connectivity index (χ3v) is 4.40.